The fraction of sp³-hybridized carbons (Fsp3) is 0.316. The van der Waals surface area contributed by atoms with Crippen molar-refractivity contribution in [2.24, 2.45) is 0 Å². The highest BCUT2D eigenvalue weighted by atomic mass is 16.3. The lowest BCUT2D eigenvalue weighted by Gasteiger charge is -2.38. The summed E-state index contributed by atoms with van der Waals surface area (Å²) in [6.45, 7) is 2.47. The van der Waals surface area contributed by atoms with Crippen LogP contribution in [0.3, 0.4) is 0 Å². The Labute approximate surface area is 136 Å². The highest BCUT2D eigenvalue weighted by Gasteiger charge is 2.34. The second-order valence-electron chi connectivity index (χ2n) is 6.18. The number of aromatic hydroxyl groups is 1. The summed E-state index contributed by atoms with van der Waals surface area (Å²) in [5.74, 6) is -0.0473. The Hall–Kier alpha value is -2.17. The number of phenolic OH excluding ortho intramolecular Hbond substituents is 1. The quantitative estimate of drug-likeness (QED) is 0.852. The highest BCUT2D eigenvalue weighted by Crippen LogP contribution is 2.34. The molecule has 3 rings (SSSR count). The lowest BCUT2D eigenvalue weighted by Crippen LogP contribution is -2.42. The predicted molar refractivity (Wildman–Crippen MR) is 88.3 cm³/mol. The number of carbonyl (C=O) groups excluding carboxylic acids is 1. The van der Waals surface area contributed by atoms with Crippen LogP contribution in [0.15, 0.2) is 48.5 Å². The molecule has 1 aliphatic rings. The van der Waals surface area contributed by atoms with E-state index in [9.17, 15) is 15.0 Å². The van der Waals surface area contributed by atoms with Gasteiger partial charge in [0.05, 0.1) is 11.2 Å². The average Bonchev–Trinajstić information content (AvgIpc) is 2.58. The number of carbonyl (C=O) groups is 1. The van der Waals surface area contributed by atoms with Crippen LogP contribution in [0.2, 0.25) is 0 Å². The molecule has 1 aliphatic heterocycles. The number of aliphatic hydroxyl groups is 1. The van der Waals surface area contributed by atoms with Gasteiger partial charge in [0.1, 0.15) is 5.75 Å². The molecule has 2 N–H and O–H groups in total. The third-order valence-electron chi connectivity index (χ3n) is 4.62. The summed E-state index contributed by atoms with van der Waals surface area (Å²) >= 11 is 0. The van der Waals surface area contributed by atoms with Crippen molar-refractivity contribution in [3.05, 3.63) is 65.2 Å². The van der Waals surface area contributed by atoms with E-state index >= 15 is 0 Å². The summed E-state index contributed by atoms with van der Waals surface area (Å²) in [5, 5.41) is 20.5. The van der Waals surface area contributed by atoms with Crippen LogP contribution in [0.4, 0.5) is 0 Å². The second kappa shape index (κ2) is 6.52. The minimum absolute atomic E-state index is 0.0473. The van der Waals surface area contributed by atoms with E-state index in [0.717, 1.165) is 19.6 Å². The number of nitrogens with zero attached hydrogens (tertiary/aromatic N) is 1. The van der Waals surface area contributed by atoms with Gasteiger partial charge >= 0.3 is 0 Å². The molecule has 1 saturated heterocycles. The average molecular weight is 311 g/mol. The molecule has 2 aromatic carbocycles. The van der Waals surface area contributed by atoms with E-state index in [2.05, 4.69) is 17.0 Å². The molecule has 0 amide bonds. The molecule has 0 saturated carbocycles. The third-order valence-corrected chi connectivity index (χ3v) is 4.62. The van der Waals surface area contributed by atoms with Crippen molar-refractivity contribution in [1.82, 2.24) is 4.90 Å². The molecule has 4 nitrogen and oxygen atoms in total. The van der Waals surface area contributed by atoms with Gasteiger partial charge in [0.25, 0.3) is 0 Å². The van der Waals surface area contributed by atoms with Gasteiger partial charge in [-0.2, -0.15) is 0 Å². The Bertz CT molecular complexity index is 676. The van der Waals surface area contributed by atoms with Gasteiger partial charge in [-0.05, 0) is 36.1 Å². The van der Waals surface area contributed by atoms with Crippen molar-refractivity contribution in [1.29, 1.82) is 0 Å². The van der Waals surface area contributed by atoms with Crippen molar-refractivity contribution in [3.8, 4) is 5.75 Å². The molecule has 0 radical (unpaired) electrons. The Morgan fingerprint density at radius 1 is 1.09 bits per heavy atom. The maximum Gasteiger partial charge on any atom is 0.153 e. The molecule has 0 bridgehead atoms. The Morgan fingerprint density at radius 3 is 2.43 bits per heavy atom. The number of hydrogen-bond donors (Lipinski definition) is 2. The number of aldehydes is 1. The molecule has 120 valence electrons. The van der Waals surface area contributed by atoms with Gasteiger partial charge < -0.3 is 10.2 Å². The highest BCUT2D eigenvalue weighted by molar-refractivity contribution is 5.79. The van der Waals surface area contributed by atoms with E-state index in [0.29, 0.717) is 24.7 Å². The van der Waals surface area contributed by atoms with Gasteiger partial charge in [-0.25, -0.2) is 0 Å². The first-order valence-corrected chi connectivity index (χ1v) is 7.88. The second-order valence-corrected chi connectivity index (χ2v) is 6.18. The minimum Gasteiger partial charge on any atom is -0.507 e. The Morgan fingerprint density at radius 2 is 1.78 bits per heavy atom. The number of benzene rings is 2. The van der Waals surface area contributed by atoms with Gasteiger partial charge in [-0.15, -0.1) is 0 Å². The first kappa shape index (κ1) is 15.7. The maximum absolute atomic E-state index is 11.0. The smallest absolute Gasteiger partial charge is 0.153 e. The largest absolute Gasteiger partial charge is 0.507 e. The van der Waals surface area contributed by atoms with Crippen molar-refractivity contribution in [2.75, 3.05) is 13.1 Å². The number of hydrogen-bond acceptors (Lipinski definition) is 4. The van der Waals surface area contributed by atoms with Crippen LogP contribution in [0.5, 0.6) is 5.75 Å². The first-order chi connectivity index (χ1) is 11.1. The van der Waals surface area contributed by atoms with Crippen LogP contribution in [0, 0.1) is 0 Å². The molecule has 23 heavy (non-hydrogen) atoms. The molecule has 1 fully saturated rings. The van der Waals surface area contributed by atoms with Crippen molar-refractivity contribution in [3.63, 3.8) is 0 Å². The van der Waals surface area contributed by atoms with Gasteiger partial charge in [-0.1, -0.05) is 36.4 Å². The van der Waals surface area contributed by atoms with Gasteiger partial charge in [0.2, 0.25) is 0 Å². The van der Waals surface area contributed by atoms with E-state index in [1.54, 1.807) is 12.1 Å². The molecular weight excluding hydrogens is 290 g/mol. The zero-order valence-electron chi connectivity index (χ0n) is 13.0. The SMILES string of the molecule is O=Cc1cc(C2(O)CCN(Cc3ccccc3)CC2)ccc1O. The van der Waals surface area contributed by atoms with E-state index in [1.165, 1.54) is 11.6 Å². The number of rotatable bonds is 4. The lowest BCUT2D eigenvalue weighted by atomic mass is 9.83. The van der Waals surface area contributed by atoms with Crippen LogP contribution in [0.25, 0.3) is 0 Å². The Balaban J connectivity index is 1.68. The van der Waals surface area contributed by atoms with Crippen LogP contribution >= 0.6 is 0 Å². The summed E-state index contributed by atoms with van der Waals surface area (Å²) in [6, 6.07) is 15.1. The summed E-state index contributed by atoms with van der Waals surface area (Å²) in [4.78, 5) is 13.3. The Kier molecular flexibility index (Phi) is 4.46. The fourth-order valence-corrected chi connectivity index (χ4v) is 3.15. The molecule has 0 unspecified atom stereocenters. The molecule has 0 aliphatic carbocycles. The number of likely N-dealkylation sites (tertiary alicyclic amines) is 1. The zero-order valence-corrected chi connectivity index (χ0v) is 13.0. The third kappa shape index (κ3) is 3.44. The molecule has 0 spiro atoms. The lowest BCUT2D eigenvalue weighted by molar-refractivity contribution is -0.0277. The van der Waals surface area contributed by atoms with Crippen LogP contribution in [-0.4, -0.2) is 34.5 Å². The van der Waals surface area contributed by atoms with Crippen LogP contribution in [-0.2, 0) is 12.1 Å². The van der Waals surface area contributed by atoms with E-state index in [4.69, 9.17) is 0 Å². The predicted octanol–water partition coefficient (Wildman–Crippen LogP) is 2.69. The van der Waals surface area contributed by atoms with E-state index < -0.39 is 5.60 Å². The van der Waals surface area contributed by atoms with Crippen LogP contribution in [0.1, 0.15) is 34.3 Å². The molecular formula is C19H21NO3. The molecule has 4 heteroatoms. The minimum atomic E-state index is -0.932. The topological polar surface area (TPSA) is 60.8 Å². The van der Waals surface area contributed by atoms with E-state index in [-0.39, 0.29) is 11.3 Å². The van der Waals surface area contributed by atoms with E-state index in [1.807, 2.05) is 18.2 Å². The fourth-order valence-electron chi connectivity index (χ4n) is 3.15. The zero-order chi connectivity index (χ0) is 16.3. The van der Waals surface area contributed by atoms with Crippen molar-refractivity contribution >= 4 is 6.29 Å². The molecule has 1 heterocycles. The number of piperidine rings is 1. The summed E-state index contributed by atoms with van der Waals surface area (Å²) in [6.07, 6.45) is 1.85. The molecule has 0 atom stereocenters. The van der Waals surface area contributed by atoms with Crippen molar-refractivity contribution < 1.29 is 15.0 Å². The number of phenols is 1. The summed E-state index contributed by atoms with van der Waals surface area (Å²) in [5.41, 5.74) is 1.27. The maximum atomic E-state index is 11.0. The van der Waals surface area contributed by atoms with Gasteiger partial charge in [-0.3, -0.25) is 9.69 Å². The summed E-state index contributed by atoms with van der Waals surface area (Å²) < 4.78 is 0. The standard InChI is InChI=1S/C19H21NO3/c21-14-16-12-17(6-7-18(16)22)19(23)8-10-20(11-9-19)13-15-4-2-1-3-5-15/h1-7,12,14,22-23H,8-11,13H2. The molecule has 2 aromatic rings. The first-order valence-electron chi connectivity index (χ1n) is 7.88. The van der Waals surface area contributed by atoms with Gasteiger partial charge in [0, 0.05) is 19.6 Å². The normalized spacial score (nSPS) is 17.8. The van der Waals surface area contributed by atoms with Crippen LogP contribution < -0.4 is 0 Å². The van der Waals surface area contributed by atoms with Crippen molar-refractivity contribution in [2.45, 2.75) is 25.0 Å². The van der Waals surface area contributed by atoms with Gasteiger partial charge in [0.15, 0.2) is 6.29 Å². The molecule has 0 aromatic heterocycles. The monoisotopic (exact) mass is 311 g/mol. The summed E-state index contributed by atoms with van der Waals surface area (Å²) in [7, 11) is 0.